The van der Waals surface area contributed by atoms with Gasteiger partial charge in [0, 0.05) is 6.20 Å². The molecule has 2 heterocycles. The van der Waals surface area contributed by atoms with Gasteiger partial charge < -0.3 is 14.8 Å². The van der Waals surface area contributed by atoms with E-state index >= 15 is 0 Å². The van der Waals surface area contributed by atoms with Crippen molar-refractivity contribution in [1.29, 1.82) is 0 Å². The van der Waals surface area contributed by atoms with Gasteiger partial charge in [-0.15, -0.1) is 12.4 Å². The maximum absolute atomic E-state index is 8.71. The minimum Gasteiger partial charge on any atom is -0.467 e. The Kier molecular flexibility index (Phi) is 4.88. The number of aliphatic hydroxyl groups excluding tert-OH is 1. The summed E-state index contributed by atoms with van der Waals surface area (Å²) in [5.74, 6) is 0.880. The van der Waals surface area contributed by atoms with Crippen LogP contribution in [0.25, 0.3) is 0 Å². The predicted molar refractivity (Wildman–Crippen MR) is 62.6 cm³/mol. The standard InChI is InChI=1S/C10H13N3O2.ClH/c14-4-3-13-8-9(6-12-13)11-7-10-2-1-5-15-10;/h1-2,5-6,8,11,14H,3-4,7H2;1H. The molecule has 0 spiro atoms. The summed E-state index contributed by atoms with van der Waals surface area (Å²) in [5, 5.41) is 15.9. The highest BCUT2D eigenvalue weighted by molar-refractivity contribution is 5.85. The number of hydrogen-bond donors (Lipinski definition) is 2. The van der Waals surface area contributed by atoms with Gasteiger partial charge in [0.25, 0.3) is 0 Å². The summed E-state index contributed by atoms with van der Waals surface area (Å²) in [6.45, 7) is 1.25. The lowest BCUT2D eigenvalue weighted by atomic mass is 10.4. The molecule has 0 atom stereocenters. The molecule has 0 radical (unpaired) electrons. The Morgan fingerprint density at radius 3 is 3.06 bits per heavy atom. The number of hydrogen-bond acceptors (Lipinski definition) is 4. The number of halogens is 1. The molecule has 0 bridgehead atoms. The van der Waals surface area contributed by atoms with Crippen molar-refractivity contribution in [3.8, 4) is 0 Å². The summed E-state index contributed by atoms with van der Waals surface area (Å²) < 4.78 is 6.86. The molecule has 0 aliphatic rings. The Morgan fingerprint density at radius 2 is 2.38 bits per heavy atom. The van der Waals surface area contributed by atoms with Crippen molar-refractivity contribution in [2.45, 2.75) is 13.1 Å². The first kappa shape index (κ1) is 12.6. The van der Waals surface area contributed by atoms with Gasteiger partial charge in [-0.25, -0.2) is 0 Å². The van der Waals surface area contributed by atoms with E-state index in [0.29, 0.717) is 13.1 Å². The van der Waals surface area contributed by atoms with Crippen molar-refractivity contribution in [1.82, 2.24) is 9.78 Å². The Labute approximate surface area is 99.5 Å². The highest BCUT2D eigenvalue weighted by Gasteiger charge is 1.99. The molecule has 0 saturated heterocycles. The molecule has 16 heavy (non-hydrogen) atoms. The fourth-order valence-corrected chi connectivity index (χ4v) is 1.28. The van der Waals surface area contributed by atoms with E-state index in [9.17, 15) is 0 Å². The molecule has 0 aliphatic carbocycles. The molecule has 0 amide bonds. The first-order valence-electron chi connectivity index (χ1n) is 4.78. The molecule has 0 saturated carbocycles. The van der Waals surface area contributed by atoms with Gasteiger partial charge in [-0.05, 0) is 12.1 Å². The van der Waals surface area contributed by atoms with Gasteiger partial charge in [-0.1, -0.05) is 0 Å². The van der Waals surface area contributed by atoms with Crippen LogP contribution in [0, 0.1) is 0 Å². The van der Waals surface area contributed by atoms with Gasteiger partial charge in [0.2, 0.25) is 0 Å². The third-order valence-electron chi connectivity index (χ3n) is 2.01. The normalized spacial score (nSPS) is 9.81. The Bertz CT molecular complexity index is 400. The molecular weight excluding hydrogens is 230 g/mol. The van der Waals surface area contributed by atoms with Crippen molar-refractivity contribution in [3.05, 3.63) is 36.5 Å². The number of furan rings is 1. The third kappa shape index (κ3) is 3.29. The van der Waals surface area contributed by atoms with E-state index < -0.39 is 0 Å². The molecule has 2 aromatic rings. The van der Waals surface area contributed by atoms with E-state index in [-0.39, 0.29) is 19.0 Å². The van der Waals surface area contributed by atoms with E-state index in [2.05, 4.69) is 10.4 Å². The fourth-order valence-electron chi connectivity index (χ4n) is 1.28. The van der Waals surface area contributed by atoms with Gasteiger partial charge in [0.05, 0.1) is 37.8 Å². The lowest BCUT2D eigenvalue weighted by Crippen LogP contribution is -2.02. The van der Waals surface area contributed by atoms with Crippen molar-refractivity contribution < 1.29 is 9.52 Å². The number of nitrogens with one attached hydrogen (secondary N) is 1. The Hall–Kier alpha value is -1.46. The number of aliphatic hydroxyl groups is 1. The van der Waals surface area contributed by atoms with E-state index in [0.717, 1.165) is 11.4 Å². The van der Waals surface area contributed by atoms with Crippen LogP contribution in [-0.4, -0.2) is 21.5 Å². The van der Waals surface area contributed by atoms with Crippen molar-refractivity contribution in [2.75, 3.05) is 11.9 Å². The second-order valence-electron chi connectivity index (χ2n) is 3.15. The van der Waals surface area contributed by atoms with E-state index in [1.54, 1.807) is 17.1 Å². The van der Waals surface area contributed by atoms with Crippen LogP contribution in [0.2, 0.25) is 0 Å². The monoisotopic (exact) mass is 243 g/mol. The molecule has 5 nitrogen and oxygen atoms in total. The molecule has 2 aromatic heterocycles. The van der Waals surface area contributed by atoms with Crippen LogP contribution in [-0.2, 0) is 13.1 Å². The van der Waals surface area contributed by atoms with Crippen molar-refractivity contribution >= 4 is 18.1 Å². The highest BCUT2D eigenvalue weighted by Crippen LogP contribution is 2.08. The SMILES string of the molecule is Cl.OCCn1cc(NCc2ccco2)cn1. The minimum absolute atomic E-state index is 0. The number of rotatable bonds is 5. The smallest absolute Gasteiger partial charge is 0.122 e. The largest absolute Gasteiger partial charge is 0.467 e. The summed E-state index contributed by atoms with van der Waals surface area (Å²) >= 11 is 0. The van der Waals surface area contributed by atoms with Crippen LogP contribution < -0.4 is 5.32 Å². The Morgan fingerprint density at radius 1 is 1.50 bits per heavy atom. The zero-order valence-electron chi connectivity index (χ0n) is 8.67. The molecule has 0 unspecified atom stereocenters. The lowest BCUT2D eigenvalue weighted by Gasteiger charge is -1.99. The third-order valence-corrected chi connectivity index (χ3v) is 2.01. The van der Waals surface area contributed by atoms with Gasteiger partial charge >= 0.3 is 0 Å². The van der Waals surface area contributed by atoms with Gasteiger partial charge in [0.15, 0.2) is 0 Å². The number of aromatic nitrogens is 2. The zero-order valence-corrected chi connectivity index (χ0v) is 9.48. The zero-order chi connectivity index (χ0) is 10.5. The highest BCUT2D eigenvalue weighted by atomic mass is 35.5. The second-order valence-corrected chi connectivity index (χ2v) is 3.15. The first-order chi connectivity index (χ1) is 7.38. The van der Waals surface area contributed by atoms with Crippen LogP contribution in [0.4, 0.5) is 5.69 Å². The molecule has 0 aromatic carbocycles. The summed E-state index contributed by atoms with van der Waals surface area (Å²) in [6.07, 6.45) is 5.21. The molecule has 88 valence electrons. The van der Waals surface area contributed by atoms with E-state index in [1.165, 1.54) is 0 Å². The molecule has 0 aliphatic heterocycles. The van der Waals surface area contributed by atoms with Crippen LogP contribution in [0.5, 0.6) is 0 Å². The van der Waals surface area contributed by atoms with Gasteiger partial charge in [-0.3, -0.25) is 4.68 Å². The molecule has 2 rings (SSSR count). The summed E-state index contributed by atoms with van der Waals surface area (Å²) in [6, 6.07) is 3.76. The fraction of sp³-hybridized carbons (Fsp3) is 0.300. The van der Waals surface area contributed by atoms with Crippen LogP contribution >= 0.6 is 12.4 Å². The maximum Gasteiger partial charge on any atom is 0.122 e. The maximum atomic E-state index is 8.71. The number of nitrogens with zero attached hydrogens (tertiary/aromatic N) is 2. The molecular formula is C10H14ClN3O2. The minimum atomic E-state index is 0. The summed E-state index contributed by atoms with van der Waals surface area (Å²) in [4.78, 5) is 0. The lowest BCUT2D eigenvalue weighted by molar-refractivity contribution is 0.269. The predicted octanol–water partition coefficient (Wildman–Crippen LogP) is 1.50. The molecule has 6 heteroatoms. The van der Waals surface area contributed by atoms with Gasteiger partial charge in [0.1, 0.15) is 5.76 Å². The topological polar surface area (TPSA) is 63.2 Å². The molecule has 2 N–H and O–H groups in total. The van der Waals surface area contributed by atoms with Crippen molar-refractivity contribution in [3.63, 3.8) is 0 Å². The summed E-state index contributed by atoms with van der Waals surface area (Å²) in [7, 11) is 0. The average Bonchev–Trinajstić information content (AvgIpc) is 2.85. The summed E-state index contributed by atoms with van der Waals surface area (Å²) in [5.41, 5.74) is 0.917. The molecule has 0 fully saturated rings. The first-order valence-corrected chi connectivity index (χ1v) is 4.78. The van der Waals surface area contributed by atoms with Crippen LogP contribution in [0.15, 0.2) is 35.2 Å². The van der Waals surface area contributed by atoms with E-state index in [1.807, 2.05) is 18.3 Å². The van der Waals surface area contributed by atoms with Crippen molar-refractivity contribution in [2.24, 2.45) is 0 Å². The quantitative estimate of drug-likeness (QED) is 0.836. The van der Waals surface area contributed by atoms with Crippen LogP contribution in [0.3, 0.4) is 0 Å². The van der Waals surface area contributed by atoms with Gasteiger partial charge in [-0.2, -0.15) is 5.10 Å². The van der Waals surface area contributed by atoms with Crippen LogP contribution in [0.1, 0.15) is 5.76 Å². The number of anilines is 1. The Balaban J connectivity index is 0.00000128. The second kappa shape index (κ2) is 6.19. The van der Waals surface area contributed by atoms with E-state index in [4.69, 9.17) is 9.52 Å². The average molecular weight is 244 g/mol.